The zero-order chi connectivity index (χ0) is 26.0. The molecule has 0 bridgehead atoms. The number of benzene rings is 3. The third kappa shape index (κ3) is 8.09. The number of rotatable bonds is 10. The number of alkyl carbamates (subject to hydrolysis) is 1. The van der Waals surface area contributed by atoms with E-state index in [0.717, 1.165) is 27.6 Å². The minimum absolute atomic E-state index is 0.0541. The predicted octanol–water partition coefficient (Wildman–Crippen LogP) is 4.80. The first-order chi connectivity index (χ1) is 17.3. The molecule has 1 atom stereocenters. The average molecular weight is 492 g/mol. The topological polar surface area (TPSA) is 98.3 Å². The fourth-order valence-corrected chi connectivity index (χ4v) is 3.43. The highest BCUT2D eigenvalue weighted by molar-refractivity contribution is 6.02. The molecule has 0 spiro atoms. The summed E-state index contributed by atoms with van der Waals surface area (Å²) in [6, 6.07) is 20.1. The standard InChI is InChI=1S/C28H33N3O5/c1-5-35-25-16-15-21(22-13-9-10-14-23(22)25)17-29-31-26(32)24(30-27(33)36-28(2,3)4)19-34-18-20-11-7-6-8-12-20/h6-17,24H,5,18-19H2,1-4H3,(H,30,33)(H,31,32)/b29-17-/t24-/m0/s1. The number of carbonyl (C=O) groups is 2. The van der Waals surface area contributed by atoms with Crippen molar-refractivity contribution in [3.8, 4) is 5.75 Å². The number of amides is 2. The van der Waals surface area contributed by atoms with Crippen LogP contribution in [0.25, 0.3) is 10.8 Å². The molecular formula is C28H33N3O5. The number of hydrazone groups is 1. The van der Waals surface area contributed by atoms with Crippen LogP contribution >= 0.6 is 0 Å². The van der Waals surface area contributed by atoms with Crippen molar-refractivity contribution in [3.05, 3.63) is 77.9 Å². The molecule has 3 rings (SSSR count). The minimum Gasteiger partial charge on any atom is -0.493 e. The highest BCUT2D eigenvalue weighted by Gasteiger charge is 2.24. The van der Waals surface area contributed by atoms with Gasteiger partial charge in [0.1, 0.15) is 17.4 Å². The third-order valence-electron chi connectivity index (χ3n) is 5.00. The Morgan fingerprint density at radius 3 is 2.36 bits per heavy atom. The van der Waals surface area contributed by atoms with Crippen molar-refractivity contribution in [1.29, 1.82) is 0 Å². The molecule has 8 nitrogen and oxygen atoms in total. The van der Waals surface area contributed by atoms with E-state index in [2.05, 4.69) is 15.8 Å². The fraction of sp³-hybridized carbons (Fsp3) is 0.321. The Labute approximate surface area is 211 Å². The summed E-state index contributed by atoms with van der Waals surface area (Å²) in [7, 11) is 0. The van der Waals surface area contributed by atoms with Gasteiger partial charge in [-0.25, -0.2) is 10.2 Å². The number of nitrogens with zero attached hydrogens (tertiary/aromatic N) is 1. The van der Waals surface area contributed by atoms with Gasteiger partial charge in [-0.3, -0.25) is 4.79 Å². The van der Waals surface area contributed by atoms with Crippen molar-refractivity contribution in [1.82, 2.24) is 10.7 Å². The summed E-state index contributed by atoms with van der Waals surface area (Å²) in [6.45, 7) is 7.98. The maximum atomic E-state index is 12.9. The Bertz CT molecular complexity index is 1190. The largest absolute Gasteiger partial charge is 0.493 e. The SMILES string of the molecule is CCOc1ccc(/C=N\NC(=O)[C@H](COCc2ccccc2)NC(=O)OC(C)(C)C)c2ccccc12. The molecule has 3 aromatic rings. The summed E-state index contributed by atoms with van der Waals surface area (Å²) in [5, 5.41) is 8.59. The Balaban J connectivity index is 1.69. The molecule has 2 N–H and O–H groups in total. The summed E-state index contributed by atoms with van der Waals surface area (Å²) in [5.74, 6) is 0.256. The second-order valence-electron chi connectivity index (χ2n) is 9.07. The summed E-state index contributed by atoms with van der Waals surface area (Å²) < 4.78 is 16.7. The van der Waals surface area contributed by atoms with Crippen LogP contribution in [-0.2, 0) is 20.9 Å². The monoisotopic (exact) mass is 491 g/mol. The van der Waals surface area contributed by atoms with Crippen LogP contribution in [0.2, 0.25) is 0 Å². The van der Waals surface area contributed by atoms with E-state index in [1.165, 1.54) is 0 Å². The lowest BCUT2D eigenvalue weighted by molar-refractivity contribution is -0.124. The van der Waals surface area contributed by atoms with Crippen LogP contribution in [0.15, 0.2) is 71.8 Å². The Kier molecular flexibility index (Phi) is 9.41. The lowest BCUT2D eigenvalue weighted by atomic mass is 10.0. The molecule has 3 aromatic carbocycles. The minimum atomic E-state index is -1.00. The highest BCUT2D eigenvalue weighted by Crippen LogP contribution is 2.27. The number of nitrogens with one attached hydrogen (secondary N) is 2. The van der Waals surface area contributed by atoms with Gasteiger partial charge in [-0.2, -0.15) is 5.10 Å². The van der Waals surface area contributed by atoms with Gasteiger partial charge in [0.15, 0.2) is 0 Å². The number of hydrogen-bond donors (Lipinski definition) is 2. The summed E-state index contributed by atoms with van der Waals surface area (Å²) in [4.78, 5) is 25.2. The van der Waals surface area contributed by atoms with E-state index >= 15 is 0 Å². The smallest absolute Gasteiger partial charge is 0.408 e. The van der Waals surface area contributed by atoms with Crippen molar-refractivity contribution >= 4 is 29.0 Å². The van der Waals surface area contributed by atoms with Gasteiger partial charge in [0.05, 0.1) is 26.0 Å². The molecule has 0 radical (unpaired) electrons. The van der Waals surface area contributed by atoms with Crippen LogP contribution in [0.4, 0.5) is 4.79 Å². The van der Waals surface area contributed by atoms with Crippen LogP contribution in [0, 0.1) is 0 Å². The van der Waals surface area contributed by atoms with E-state index in [0.29, 0.717) is 13.2 Å². The van der Waals surface area contributed by atoms with Crippen LogP contribution in [0.3, 0.4) is 0 Å². The maximum absolute atomic E-state index is 12.9. The molecule has 190 valence electrons. The van der Waals surface area contributed by atoms with E-state index in [-0.39, 0.29) is 6.61 Å². The maximum Gasteiger partial charge on any atom is 0.408 e. The van der Waals surface area contributed by atoms with Crippen molar-refractivity contribution in [2.24, 2.45) is 5.10 Å². The van der Waals surface area contributed by atoms with Crippen molar-refractivity contribution in [2.75, 3.05) is 13.2 Å². The molecule has 2 amide bonds. The van der Waals surface area contributed by atoms with Crippen molar-refractivity contribution in [2.45, 2.75) is 45.9 Å². The van der Waals surface area contributed by atoms with Crippen LogP contribution in [-0.4, -0.2) is 43.1 Å². The van der Waals surface area contributed by atoms with Gasteiger partial charge < -0.3 is 19.5 Å². The summed E-state index contributed by atoms with van der Waals surface area (Å²) in [5.41, 5.74) is 3.56. The molecule has 0 unspecified atom stereocenters. The van der Waals surface area contributed by atoms with E-state index in [1.54, 1.807) is 27.0 Å². The van der Waals surface area contributed by atoms with Gasteiger partial charge in [-0.05, 0) is 50.8 Å². The van der Waals surface area contributed by atoms with Crippen LogP contribution in [0.1, 0.15) is 38.8 Å². The Morgan fingerprint density at radius 2 is 1.67 bits per heavy atom. The molecule has 0 fully saturated rings. The van der Waals surface area contributed by atoms with Gasteiger partial charge in [0.2, 0.25) is 0 Å². The van der Waals surface area contributed by atoms with E-state index < -0.39 is 23.6 Å². The van der Waals surface area contributed by atoms with Gasteiger partial charge >= 0.3 is 6.09 Å². The quantitative estimate of drug-likeness (QED) is 0.314. The summed E-state index contributed by atoms with van der Waals surface area (Å²) in [6.07, 6.45) is 0.846. The van der Waals surface area contributed by atoms with E-state index in [4.69, 9.17) is 14.2 Å². The van der Waals surface area contributed by atoms with Crippen LogP contribution < -0.4 is 15.5 Å². The summed E-state index contributed by atoms with van der Waals surface area (Å²) >= 11 is 0. The van der Waals surface area contributed by atoms with E-state index in [9.17, 15) is 9.59 Å². The molecule has 0 saturated heterocycles. The van der Waals surface area contributed by atoms with Crippen molar-refractivity contribution < 1.29 is 23.8 Å². The normalized spacial score (nSPS) is 12.3. The second kappa shape index (κ2) is 12.7. The lowest BCUT2D eigenvalue weighted by Crippen LogP contribution is -2.49. The molecule has 8 heteroatoms. The number of ether oxygens (including phenoxy) is 3. The molecular weight excluding hydrogens is 458 g/mol. The van der Waals surface area contributed by atoms with Crippen molar-refractivity contribution in [3.63, 3.8) is 0 Å². The Morgan fingerprint density at radius 1 is 0.972 bits per heavy atom. The number of fused-ring (bicyclic) bond motifs is 1. The Hall–Kier alpha value is -3.91. The molecule has 0 saturated carbocycles. The number of carbonyl (C=O) groups excluding carboxylic acids is 2. The highest BCUT2D eigenvalue weighted by atomic mass is 16.6. The zero-order valence-electron chi connectivity index (χ0n) is 21.1. The van der Waals surface area contributed by atoms with Crippen LogP contribution in [0.5, 0.6) is 5.75 Å². The van der Waals surface area contributed by atoms with E-state index in [1.807, 2.05) is 73.7 Å². The molecule has 0 aliphatic carbocycles. The molecule has 0 heterocycles. The van der Waals surface area contributed by atoms with Gasteiger partial charge in [-0.15, -0.1) is 0 Å². The molecule has 0 aliphatic rings. The van der Waals surface area contributed by atoms with Gasteiger partial charge in [0, 0.05) is 10.9 Å². The fourth-order valence-electron chi connectivity index (χ4n) is 3.43. The first-order valence-electron chi connectivity index (χ1n) is 11.9. The predicted molar refractivity (Wildman–Crippen MR) is 140 cm³/mol. The lowest BCUT2D eigenvalue weighted by Gasteiger charge is -2.22. The number of hydrogen-bond acceptors (Lipinski definition) is 6. The molecule has 36 heavy (non-hydrogen) atoms. The van der Waals surface area contributed by atoms with Gasteiger partial charge in [0.25, 0.3) is 5.91 Å². The third-order valence-corrected chi connectivity index (χ3v) is 5.00. The first kappa shape index (κ1) is 26.7. The first-order valence-corrected chi connectivity index (χ1v) is 11.9. The average Bonchev–Trinajstić information content (AvgIpc) is 2.84. The zero-order valence-corrected chi connectivity index (χ0v) is 21.1. The molecule has 0 aromatic heterocycles. The van der Waals surface area contributed by atoms with Gasteiger partial charge in [-0.1, -0.05) is 54.6 Å². The molecule has 0 aliphatic heterocycles. The second-order valence-corrected chi connectivity index (χ2v) is 9.07.